The number of urea groups is 1. The van der Waals surface area contributed by atoms with Crippen LogP contribution in [0.15, 0.2) is 18.2 Å². The van der Waals surface area contributed by atoms with E-state index in [0.29, 0.717) is 26.3 Å². The highest BCUT2D eigenvalue weighted by Gasteiger charge is 2.33. The fraction of sp³-hybridized carbons (Fsp3) is 0.467. The highest BCUT2D eigenvalue weighted by Crippen LogP contribution is 2.33. The Labute approximate surface area is 137 Å². The SMILES string of the molecule is N#Cc1ccc(NC(=O)NCCN2CCOCC2)cc1C(F)(F)F. The summed E-state index contributed by atoms with van der Waals surface area (Å²) in [5.74, 6) is 0. The van der Waals surface area contributed by atoms with Crippen LogP contribution in [0.1, 0.15) is 11.1 Å². The number of nitrogens with zero attached hydrogens (tertiary/aromatic N) is 2. The van der Waals surface area contributed by atoms with Crippen LogP contribution in [0, 0.1) is 11.3 Å². The summed E-state index contributed by atoms with van der Waals surface area (Å²) in [6.07, 6.45) is -4.66. The summed E-state index contributed by atoms with van der Waals surface area (Å²) in [6.45, 7) is 3.88. The van der Waals surface area contributed by atoms with Crippen molar-refractivity contribution in [3.05, 3.63) is 29.3 Å². The quantitative estimate of drug-likeness (QED) is 0.878. The minimum Gasteiger partial charge on any atom is -0.379 e. The first kappa shape index (κ1) is 18.0. The Bertz CT molecular complexity index is 622. The van der Waals surface area contributed by atoms with E-state index in [9.17, 15) is 18.0 Å². The van der Waals surface area contributed by atoms with E-state index in [1.165, 1.54) is 12.1 Å². The maximum absolute atomic E-state index is 12.9. The van der Waals surface area contributed by atoms with E-state index in [-0.39, 0.29) is 5.69 Å². The molecule has 2 N–H and O–H groups in total. The molecule has 24 heavy (non-hydrogen) atoms. The molecule has 0 bridgehead atoms. The van der Waals surface area contributed by atoms with Gasteiger partial charge in [-0.15, -0.1) is 0 Å². The monoisotopic (exact) mass is 342 g/mol. The van der Waals surface area contributed by atoms with Gasteiger partial charge in [0, 0.05) is 31.9 Å². The molecule has 1 aliphatic rings. The molecular weight excluding hydrogens is 325 g/mol. The van der Waals surface area contributed by atoms with Crippen LogP contribution in [-0.2, 0) is 10.9 Å². The van der Waals surface area contributed by atoms with Crippen LogP contribution in [0.25, 0.3) is 0 Å². The lowest BCUT2D eigenvalue weighted by Gasteiger charge is -2.26. The first-order chi connectivity index (χ1) is 11.4. The number of carbonyl (C=O) groups excluding carboxylic acids is 1. The Balaban J connectivity index is 1.88. The van der Waals surface area contributed by atoms with Gasteiger partial charge in [-0.1, -0.05) is 0 Å². The number of halogens is 3. The van der Waals surface area contributed by atoms with Gasteiger partial charge >= 0.3 is 12.2 Å². The molecule has 1 aliphatic heterocycles. The molecule has 0 radical (unpaired) electrons. The van der Waals surface area contributed by atoms with Gasteiger partial charge in [0.15, 0.2) is 0 Å². The molecule has 6 nitrogen and oxygen atoms in total. The summed E-state index contributed by atoms with van der Waals surface area (Å²) in [4.78, 5) is 13.9. The maximum Gasteiger partial charge on any atom is 0.417 e. The molecule has 0 aliphatic carbocycles. The second-order valence-corrected chi connectivity index (χ2v) is 5.20. The highest BCUT2D eigenvalue weighted by atomic mass is 19.4. The number of nitrogens with one attached hydrogen (secondary N) is 2. The van der Waals surface area contributed by atoms with Crippen LogP contribution >= 0.6 is 0 Å². The maximum atomic E-state index is 12.9. The number of benzene rings is 1. The normalized spacial score (nSPS) is 15.6. The van der Waals surface area contributed by atoms with Gasteiger partial charge in [-0.25, -0.2) is 4.79 Å². The molecule has 1 saturated heterocycles. The van der Waals surface area contributed by atoms with Gasteiger partial charge in [-0.3, -0.25) is 4.90 Å². The standard InChI is InChI=1S/C15H17F3N4O2/c16-15(17,18)13-9-12(2-1-11(13)10-19)21-14(23)20-3-4-22-5-7-24-8-6-22/h1-2,9H,3-8H2,(H2,20,21,23). The van der Waals surface area contributed by atoms with E-state index in [2.05, 4.69) is 15.5 Å². The van der Waals surface area contributed by atoms with Gasteiger partial charge in [-0.05, 0) is 18.2 Å². The summed E-state index contributed by atoms with van der Waals surface area (Å²) < 4.78 is 43.8. The third-order valence-electron chi connectivity index (χ3n) is 3.52. The molecule has 2 rings (SSSR count). The molecule has 1 aromatic rings. The fourth-order valence-corrected chi connectivity index (χ4v) is 2.28. The number of alkyl halides is 3. The van der Waals surface area contributed by atoms with E-state index in [4.69, 9.17) is 10.00 Å². The molecule has 1 fully saturated rings. The van der Waals surface area contributed by atoms with Crippen molar-refractivity contribution in [1.29, 1.82) is 5.26 Å². The zero-order valence-electron chi connectivity index (χ0n) is 12.8. The summed E-state index contributed by atoms with van der Waals surface area (Å²) in [5.41, 5.74) is -1.58. The second kappa shape index (κ2) is 7.99. The van der Waals surface area contributed by atoms with Gasteiger partial charge in [0.25, 0.3) is 0 Å². The summed E-state index contributed by atoms with van der Waals surface area (Å²) in [6, 6.07) is 3.94. The highest BCUT2D eigenvalue weighted by molar-refractivity contribution is 5.89. The summed E-state index contributed by atoms with van der Waals surface area (Å²) in [5, 5.41) is 13.7. The van der Waals surface area contributed by atoms with Crippen molar-refractivity contribution in [2.75, 3.05) is 44.7 Å². The van der Waals surface area contributed by atoms with Crippen molar-refractivity contribution in [2.45, 2.75) is 6.18 Å². The molecule has 0 unspecified atom stereocenters. The molecule has 130 valence electrons. The topological polar surface area (TPSA) is 77.4 Å². The molecule has 0 saturated carbocycles. The molecule has 0 aromatic heterocycles. The number of anilines is 1. The van der Waals surface area contributed by atoms with Crippen LogP contribution in [0.4, 0.5) is 23.7 Å². The molecular formula is C15H17F3N4O2. The molecule has 0 atom stereocenters. The van der Waals surface area contributed by atoms with Crippen LogP contribution in [-0.4, -0.2) is 50.3 Å². The van der Waals surface area contributed by atoms with Crippen molar-refractivity contribution in [3.63, 3.8) is 0 Å². The lowest BCUT2D eigenvalue weighted by Crippen LogP contribution is -2.42. The smallest absolute Gasteiger partial charge is 0.379 e. The second-order valence-electron chi connectivity index (χ2n) is 5.20. The average Bonchev–Trinajstić information content (AvgIpc) is 2.55. The number of hydrogen-bond donors (Lipinski definition) is 2. The average molecular weight is 342 g/mol. The Hall–Kier alpha value is -2.31. The Morgan fingerprint density at radius 2 is 2.04 bits per heavy atom. The molecule has 0 spiro atoms. The van der Waals surface area contributed by atoms with Gasteiger partial charge in [0.2, 0.25) is 0 Å². The van der Waals surface area contributed by atoms with Gasteiger partial charge < -0.3 is 15.4 Å². The Morgan fingerprint density at radius 3 is 2.67 bits per heavy atom. The number of morpholine rings is 1. The number of carbonyl (C=O) groups is 1. The molecule has 2 amide bonds. The van der Waals surface area contributed by atoms with Crippen molar-refractivity contribution in [2.24, 2.45) is 0 Å². The van der Waals surface area contributed by atoms with Crippen molar-refractivity contribution >= 4 is 11.7 Å². The first-order valence-electron chi connectivity index (χ1n) is 7.36. The predicted molar refractivity (Wildman–Crippen MR) is 80.4 cm³/mol. The number of nitriles is 1. The largest absolute Gasteiger partial charge is 0.417 e. The summed E-state index contributed by atoms with van der Waals surface area (Å²) >= 11 is 0. The predicted octanol–water partition coefficient (Wildman–Crippen LogP) is 2.03. The van der Waals surface area contributed by atoms with Crippen molar-refractivity contribution in [3.8, 4) is 6.07 Å². The van der Waals surface area contributed by atoms with Crippen molar-refractivity contribution < 1.29 is 22.7 Å². The van der Waals surface area contributed by atoms with Gasteiger partial charge in [0.05, 0.1) is 30.4 Å². The Morgan fingerprint density at radius 1 is 1.33 bits per heavy atom. The van der Waals surface area contributed by atoms with Gasteiger partial charge in [0.1, 0.15) is 0 Å². The minimum absolute atomic E-state index is 0.0230. The van der Waals surface area contributed by atoms with Crippen LogP contribution in [0.3, 0.4) is 0 Å². The fourth-order valence-electron chi connectivity index (χ4n) is 2.28. The third kappa shape index (κ3) is 5.11. The summed E-state index contributed by atoms with van der Waals surface area (Å²) in [7, 11) is 0. The number of amides is 2. The zero-order chi connectivity index (χ0) is 17.6. The first-order valence-corrected chi connectivity index (χ1v) is 7.36. The van der Waals surface area contributed by atoms with Crippen LogP contribution in [0.5, 0.6) is 0 Å². The Kier molecular flexibility index (Phi) is 6.00. The number of rotatable bonds is 4. The molecule has 9 heteroatoms. The van der Waals surface area contributed by atoms with E-state index < -0.39 is 23.3 Å². The van der Waals surface area contributed by atoms with Crippen LogP contribution < -0.4 is 10.6 Å². The lowest BCUT2D eigenvalue weighted by molar-refractivity contribution is -0.137. The lowest BCUT2D eigenvalue weighted by atomic mass is 10.1. The van der Waals surface area contributed by atoms with E-state index in [0.717, 1.165) is 25.2 Å². The van der Waals surface area contributed by atoms with Crippen molar-refractivity contribution in [1.82, 2.24) is 10.2 Å². The zero-order valence-corrected chi connectivity index (χ0v) is 12.8. The van der Waals surface area contributed by atoms with E-state index >= 15 is 0 Å². The van der Waals surface area contributed by atoms with Crippen LogP contribution in [0.2, 0.25) is 0 Å². The molecule has 1 heterocycles. The number of hydrogen-bond acceptors (Lipinski definition) is 4. The third-order valence-corrected chi connectivity index (χ3v) is 3.52. The number of ether oxygens (including phenoxy) is 1. The minimum atomic E-state index is -4.66. The molecule has 1 aromatic carbocycles. The van der Waals surface area contributed by atoms with Gasteiger partial charge in [-0.2, -0.15) is 18.4 Å². The van der Waals surface area contributed by atoms with E-state index in [1.807, 2.05) is 0 Å². The van der Waals surface area contributed by atoms with E-state index in [1.54, 1.807) is 0 Å².